The summed E-state index contributed by atoms with van der Waals surface area (Å²) in [5.41, 5.74) is 0.336. The summed E-state index contributed by atoms with van der Waals surface area (Å²) in [6, 6.07) is 6.93. The second kappa shape index (κ2) is 5.16. The molecule has 0 saturated carbocycles. The lowest BCUT2D eigenvalue weighted by Gasteiger charge is -2.04. The van der Waals surface area contributed by atoms with Crippen LogP contribution in [0.5, 0.6) is 0 Å². The molecule has 0 atom stereocenters. The van der Waals surface area contributed by atoms with Crippen molar-refractivity contribution in [2.75, 3.05) is 0 Å². The Kier molecular flexibility index (Phi) is 3.39. The number of nitro groups is 1. The van der Waals surface area contributed by atoms with Crippen LogP contribution in [-0.2, 0) is 0 Å². The number of pyridine rings is 1. The number of benzene rings is 1. The van der Waals surface area contributed by atoms with Gasteiger partial charge in [-0.3, -0.25) is 15.1 Å². The molecule has 0 aliphatic rings. The molecule has 7 heteroatoms. The third-order valence-electron chi connectivity index (χ3n) is 2.62. The first-order valence-electron chi connectivity index (χ1n) is 5.40. The van der Waals surface area contributed by atoms with Crippen LogP contribution in [0.4, 0.5) is 5.69 Å². The highest BCUT2D eigenvalue weighted by Crippen LogP contribution is 2.30. The Morgan fingerprint density at radius 2 is 2.10 bits per heavy atom. The molecule has 7 nitrogen and oxygen atoms in total. The van der Waals surface area contributed by atoms with Gasteiger partial charge in [0.15, 0.2) is 0 Å². The van der Waals surface area contributed by atoms with Crippen molar-refractivity contribution in [1.29, 1.82) is 5.26 Å². The average Bonchev–Trinajstić information content (AvgIpc) is 2.46. The Balaban J connectivity index is 2.64. The lowest BCUT2D eigenvalue weighted by Crippen LogP contribution is -2.00. The molecule has 0 unspecified atom stereocenters. The van der Waals surface area contributed by atoms with E-state index in [4.69, 9.17) is 10.4 Å². The molecule has 2 rings (SSSR count). The highest BCUT2D eigenvalue weighted by molar-refractivity contribution is 5.90. The van der Waals surface area contributed by atoms with Gasteiger partial charge < -0.3 is 5.11 Å². The van der Waals surface area contributed by atoms with Crippen LogP contribution >= 0.6 is 0 Å². The minimum absolute atomic E-state index is 0.176. The molecule has 0 saturated heterocycles. The minimum atomic E-state index is -1.25. The monoisotopic (exact) mass is 269 g/mol. The van der Waals surface area contributed by atoms with E-state index >= 15 is 0 Å². The van der Waals surface area contributed by atoms with Crippen molar-refractivity contribution >= 4 is 11.7 Å². The summed E-state index contributed by atoms with van der Waals surface area (Å²) in [7, 11) is 0. The molecule has 0 fully saturated rings. The predicted octanol–water partition coefficient (Wildman–Crippen LogP) is 2.23. The summed E-state index contributed by atoms with van der Waals surface area (Å²) in [5, 5.41) is 28.7. The van der Waals surface area contributed by atoms with Crippen molar-refractivity contribution in [2.45, 2.75) is 0 Å². The van der Waals surface area contributed by atoms with Gasteiger partial charge in [-0.15, -0.1) is 0 Å². The summed E-state index contributed by atoms with van der Waals surface area (Å²) >= 11 is 0. The fourth-order valence-corrected chi connectivity index (χ4v) is 1.71. The van der Waals surface area contributed by atoms with Crippen LogP contribution in [0.15, 0.2) is 36.7 Å². The fourth-order valence-electron chi connectivity index (χ4n) is 1.71. The molecular formula is C13H7N3O4. The van der Waals surface area contributed by atoms with Gasteiger partial charge in [0.05, 0.1) is 21.6 Å². The second-order valence-electron chi connectivity index (χ2n) is 3.87. The topological polar surface area (TPSA) is 117 Å². The molecule has 0 aliphatic carbocycles. The lowest BCUT2D eigenvalue weighted by molar-refractivity contribution is -0.384. The van der Waals surface area contributed by atoms with Gasteiger partial charge in [0.1, 0.15) is 6.07 Å². The van der Waals surface area contributed by atoms with Gasteiger partial charge in [-0.2, -0.15) is 5.26 Å². The van der Waals surface area contributed by atoms with E-state index in [1.807, 2.05) is 6.07 Å². The van der Waals surface area contributed by atoms with Gasteiger partial charge >= 0.3 is 5.97 Å². The van der Waals surface area contributed by atoms with E-state index in [0.29, 0.717) is 5.56 Å². The van der Waals surface area contributed by atoms with Gasteiger partial charge in [0, 0.05) is 24.0 Å². The first kappa shape index (κ1) is 13.2. The van der Waals surface area contributed by atoms with E-state index in [9.17, 15) is 14.9 Å². The van der Waals surface area contributed by atoms with E-state index in [0.717, 1.165) is 6.07 Å². The summed E-state index contributed by atoms with van der Waals surface area (Å²) in [6.07, 6.45) is 2.71. The number of rotatable bonds is 3. The fraction of sp³-hybridized carbons (Fsp3) is 0. The Hall–Kier alpha value is -3.27. The first-order chi connectivity index (χ1) is 9.52. The van der Waals surface area contributed by atoms with Gasteiger partial charge in [-0.05, 0) is 18.2 Å². The molecular weight excluding hydrogens is 262 g/mol. The zero-order valence-electron chi connectivity index (χ0n) is 9.98. The summed E-state index contributed by atoms with van der Waals surface area (Å²) in [6.45, 7) is 0. The molecule has 98 valence electrons. The van der Waals surface area contributed by atoms with E-state index in [2.05, 4.69) is 4.98 Å². The summed E-state index contributed by atoms with van der Waals surface area (Å²) in [4.78, 5) is 25.1. The Morgan fingerprint density at radius 1 is 1.35 bits per heavy atom. The molecule has 0 spiro atoms. The molecule has 1 aromatic heterocycles. The number of hydrogen-bond donors (Lipinski definition) is 1. The first-order valence-corrected chi connectivity index (χ1v) is 5.40. The zero-order chi connectivity index (χ0) is 14.7. The molecule has 1 heterocycles. The highest BCUT2D eigenvalue weighted by atomic mass is 16.6. The van der Waals surface area contributed by atoms with E-state index < -0.39 is 10.9 Å². The highest BCUT2D eigenvalue weighted by Gasteiger charge is 2.18. The number of aromatic carboxylic acids is 1. The van der Waals surface area contributed by atoms with E-state index in [1.165, 1.54) is 30.6 Å². The van der Waals surface area contributed by atoms with Crippen LogP contribution in [-0.4, -0.2) is 21.0 Å². The van der Waals surface area contributed by atoms with Crippen molar-refractivity contribution < 1.29 is 14.8 Å². The van der Waals surface area contributed by atoms with Gasteiger partial charge in [0.2, 0.25) is 0 Å². The third-order valence-corrected chi connectivity index (χ3v) is 2.62. The largest absolute Gasteiger partial charge is 0.478 e. The van der Waals surface area contributed by atoms with Crippen LogP contribution in [0.25, 0.3) is 11.1 Å². The number of hydrogen-bond acceptors (Lipinski definition) is 5. The molecule has 1 aromatic carbocycles. The summed E-state index contributed by atoms with van der Waals surface area (Å²) in [5.74, 6) is -1.25. The quantitative estimate of drug-likeness (QED) is 0.674. The molecule has 20 heavy (non-hydrogen) atoms. The normalized spacial score (nSPS) is 9.75. The summed E-state index contributed by atoms with van der Waals surface area (Å²) < 4.78 is 0. The van der Waals surface area contributed by atoms with Crippen molar-refractivity contribution in [1.82, 2.24) is 4.98 Å². The third kappa shape index (κ3) is 2.44. The molecule has 0 aliphatic heterocycles. The number of carboxylic acid groups (broad SMARTS) is 1. The maximum atomic E-state index is 11.1. The van der Waals surface area contributed by atoms with E-state index in [1.54, 1.807) is 0 Å². The van der Waals surface area contributed by atoms with Gasteiger partial charge in [-0.1, -0.05) is 0 Å². The average molecular weight is 269 g/mol. The number of carbonyl (C=O) groups is 1. The number of nitriles is 1. The van der Waals surface area contributed by atoms with Crippen LogP contribution < -0.4 is 0 Å². The van der Waals surface area contributed by atoms with Crippen molar-refractivity contribution in [2.24, 2.45) is 0 Å². The number of carboxylic acids is 1. The Labute approximate surface area is 112 Å². The standard InChI is InChI=1S/C13H7N3O4/c14-5-8-3-10(7-15-6-8)11-2-1-9(13(17)18)4-12(11)16(19)20/h1-4,6-7H,(H,17,18). The molecule has 0 amide bonds. The van der Waals surface area contributed by atoms with Crippen LogP contribution in [0.2, 0.25) is 0 Å². The SMILES string of the molecule is N#Cc1cncc(-c2ccc(C(=O)O)cc2[N+](=O)[O-])c1. The maximum absolute atomic E-state index is 11.1. The van der Waals surface area contributed by atoms with Crippen LogP contribution in [0.3, 0.4) is 0 Å². The molecule has 1 N–H and O–H groups in total. The lowest BCUT2D eigenvalue weighted by atomic mass is 10.0. The van der Waals surface area contributed by atoms with Gasteiger partial charge in [-0.25, -0.2) is 4.79 Å². The predicted molar refractivity (Wildman–Crippen MR) is 68.0 cm³/mol. The smallest absolute Gasteiger partial charge is 0.335 e. The molecule has 0 radical (unpaired) electrons. The van der Waals surface area contributed by atoms with E-state index in [-0.39, 0.29) is 22.4 Å². The van der Waals surface area contributed by atoms with Crippen LogP contribution in [0.1, 0.15) is 15.9 Å². The second-order valence-corrected chi connectivity index (χ2v) is 3.87. The minimum Gasteiger partial charge on any atom is -0.478 e. The number of nitro benzene ring substituents is 1. The molecule has 0 bridgehead atoms. The molecule has 2 aromatic rings. The van der Waals surface area contributed by atoms with Crippen molar-refractivity contribution in [3.8, 4) is 17.2 Å². The van der Waals surface area contributed by atoms with Crippen molar-refractivity contribution in [3.05, 3.63) is 57.9 Å². The number of nitrogens with zero attached hydrogens (tertiary/aromatic N) is 3. The Bertz CT molecular complexity index is 750. The number of aromatic nitrogens is 1. The van der Waals surface area contributed by atoms with Gasteiger partial charge in [0.25, 0.3) is 5.69 Å². The van der Waals surface area contributed by atoms with Crippen molar-refractivity contribution in [3.63, 3.8) is 0 Å². The van der Waals surface area contributed by atoms with Crippen LogP contribution in [0, 0.1) is 21.4 Å². The Morgan fingerprint density at radius 3 is 2.70 bits per heavy atom. The maximum Gasteiger partial charge on any atom is 0.335 e. The zero-order valence-corrected chi connectivity index (χ0v) is 9.98.